The van der Waals surface area contributed by atoms with Crippen LogP contribution in [0.2, 0.25) is 0 Å². The number of hydrogen-bond acceptors (Lipinski definition) is 6. The van der Waals surface area contributed by atoms with Crippen molar-refractivity contribution in [3.8, 4) is 0 Å². The smallest absolute Gasteiger partial charge is 0.362 e. The molecule has 0 fully saturated rings. The van der Waals surface area contributed by atoms with Gasteiger partial charge >= 0.3 is 17.9 Å². The van der Waals surface area contributed by atoms with Crippen LogP contribution in [0.3, 0.4) is 0 Å². The van der Waals surface area contributed by atoms with Crippen molar-refractivity contribution in [2.75, 3.05) is 41.0 Å². The third-order valence-electron chi connectivity index (χ3n) is 8.63. The van der Waals surface area contributed by atoms with Gasteiger partial charge in [0.2, 0.25) is 0 Å². The molecule has 0 spiro atoms. The second-order valence-corrected chi connectivity index (χ2v) is 14.2. The molecule has 0 aliphatic heterocycles. The lowest BCUT2D eigenvalue weighted by atomic mass is 10.0. The van der Waals surface area contributed by atoms with E-state index in [2.05, 4.69) is 26.0 Å². The highest BCUT2D eigenvalue weighted by Crippen LogP contribution is 2.15. The number of carboxylic acid groups (broad SMARTS) is 1. The summed E-state index contributed by atoms with van der Waals surface area (Å²) in [5.74, 6) is -1.56. The van der Waals surface area contributed by atoms with Crippen LogP contribution in [-0.4, -0.2) is 80.6 Å². The average Bonchev–Trinajstić information content (AvgIpc) is 3.03. The zero-order valence-corrected chi connectivity index (χ0v) is 31.7. The van der Waals surface area contributed by atoms with Gasteiger partial charge in [-0.15, -0.1) is 0 Å². The molecule has 0 rings (SSSR count). The average molecular weight is 681 g/mol. The molecule has 0 heterocycles. The fourth-order valence-electron chi connectivity index (χ4n) is 5.62. The number of unbranched alkanes of at least 4 members (excludes halogenated alkanes) is 16. The van der Waals surface area contributed by atoms with Crippen LogP contribution < -0.4 is 0 Å². The van der Waals surface area contributed by atoms with E-state index in [4.69, 9.17) is 14.2 Å². The third kappa shape index (κ3) is 29.9. The predicted octanol–water partition coefficient (Wildman–Crippen LogP) is 9.74. The normalized spacial score (nSPS) is 13.3. The first-order chi connectivity index (χ1) is 23.1. The Balaban J connectivity index is 4.31. The molecule has 0 aromatic heterocycles. The van der Waals surface area contributed by atoms with Crippen LogP contribution in [0.5, 0.6) is 0 Å². The summed E-state index contributed by atoms with van der Waals surface area (Å²) in [6, 6.07) is -0.617. The van der Waals surface area contributed by atoms with E-state index in [0.29, 0.717) is 19.3 Å². The molecule has 0 saturated heterocycles. The highest BCUT2D eigenvalue weighted by molar-refractivity contribution is 5.72. The van der Waals surface area contributed by atoms with Gasteiger partial charge in [-0.25, -0.2) is 4.79 Å². The van der Waals surface area contributed by atoms with E-state index in [1.807, 2.05) is 33.3 Å². The SMILES string of the molecule is CC/C=C/C/C=C/CCC(=O)OCC(COCCC(C(=O)O)[N+](C)(C)C)OC(=O)CCCCCCCCCCCCCCCCCCC. The maximum Gasteiger partial charge on any atom is 0.362 e. The number of likely N-dealkylation sites (N-methyl/N-ethyl adjacent to an activating group) is 1. The van der Waals surface area contributed by atoms with E-state index in [0.717, 1.165) is 32.1 Å². The van der Waals surface area contributed by atoms with Crippen LogP contribution in [0.15, 0.2) is 24.3 Å². The minimum Gasteiger partial charge on any atom is -0.477 e. The molecule has 2 atom stereocenters. The molecule has 0 amide bonds. The standard InChI is InChI=1S/C40H73NO7/c1-6-8-10-12-14-15-16-17-18-19-20-21-22-23-25-27-29-31-39(43)48-36(34-46-33-32-37(40(44)45)41(3,4)5)35-47-38(42)30-28-26-24-13-11-9-7-2/h9,11,24,26,36-37H,6-8,10,12-23,25,27-35H2,1-5H3/p+1/b11-9+,26-24+. The van der Waals surface area contributed by atoms with Gasteiger partial charge in [0.25, 0.3) is 0 Å². The summed E-state index contributed by atoms with van der Waals surface area (Å²) in [6.45, 7) is 4.53. The Morgan fingerprint density at radius 3 is 1.67 bits per heavy atom. The number of esters is 2. The van der Waals surface area contributed by atoms with Crippen LogP contribution in [-0.2, 0) is 28.6 Å². The fraction of sp³-hybridized carbons (Fsp3) is 0.825. The summed E-state index contributed by atoms with van der Waals surface area (Å²) in [7, 11) is 5.50. The lowest BCUT2D eigenvalue weighted by Gasteiger charge is -2.31. The number of rotatable bonds is 34. The van der Waals surface area contributed by atoms with Gasteiger partial charge < -0.3 is 23.8 Å². The summed E-state index contributed by atoms with van der Waals surface area (Å²) in [5, 5.41) is 9.56. The summed E-state index contributed by atoms with van der Waals surface area (Å²) in [5.41, 5.74) is 0. The number of allylic oxidation sites excluding steroid dienone is 4. The zero-order chi connectivity index (χ0) is 35.7. The van der Waals surface area contributed by atoms with Gasteiger partial charge in [-0.2, -0.15) is 0 Å². The van der Waals surface area contributed by atoms with Gasteiger partial charge in [-0.3, -0.25) is 9.59 Å². The van der Waals surface area contributed by atoms with Crippen molar-refractivity contribution >= 4 is 17.9 Å². The third-order valence-corrected chi connectivity index (χ3v) is 8.63. The van der Waals surface area contributed by atoms with E-state index in [1.165, 1.54) is 89.9 Å². The van der Waals surface area contributed by atoms with E-state index in [1.54, 1.807) is 0 Å². The molecular formula is C40H74NO7+. The summed E-state index contributed by atoms with van der Waals surface area (Å²) in [6.07, 6.45) is 32.6. The largest absolute Gasteiger partial charge is 0.477 e. The molecule has 2 unspecified atom stereocenters. The highest BCUT2D eigenvalue weighted by Gasteiger charge is 2.31. The van der Waals surface area contributed by atoms with Crippen molar-refractivity contribution < 1.29 is 38.2 Å². The van der Waals surface area contributed by atoms with E-state index in [9.17, 15) is 19.5 Å². The maximum atomic E-state index is 12.6. The maximum absolute atomic E-state index is 12.6. The highest BCUT2D eigenvalue weighted by atomic mass is 16.6. The molecule has 0 radical (unpaired) electrons. The Hall–Kier alpha value is -2.19. The summed E-state index contributed by atoms with van der Waals surface area (Å²) < 4.78 is 17.1. The Bertz CT molecular complexity index is 849. The van der Waals surface area contributed by atoms with E-state index < -0.39 is 18.1 Å². The number of hydrogen-bond donors (Lipinski definition) is 1. The first-order valence-corrected chi connectivity index (χ1v) is 19.4. The number of carbonyl (C=O) groups excluding carboxylic acids is 2. The molecule has 0 aliphatic rings. The van der Waals surface area contributed by atoms with E-state index in [-0.39, 0.29) is 42.7 Å². The van der Waals surface area contributed by atoms with Crippen molar-refractivity contribution in [1.82, 2.24) is 0 Å². The topological polar surface area (TPSA) is 99.1 Å². The van der Waals surface area contributed by atoms with Gasteiger partial charge in [0.15, 0.2) is 12.1 Å². The molecule has 8 heteroatoms. The zero-order valence-electron chi connectivity index (χ0n) is 31.7. The van der Waals surface area contributed by atoms with Crippen molar-refractivity contribution in [1.29, 1.82) is 0 Å². The Morgan fingerprint density at radius 1 is 0.646 bits per heavy atom. The van der Waals surface area contributed by atoms with Crippen LogP contribution in [0, 0.1) is 0 Å². The molecule has 48 heavy (non-hydrogen) atoms. The fourth-order valence-corrected chi connectivity index (χ4v) is 5.62. The Labute approximate surface area is 294 Å². The summed E-state index contributed by atoms with van der Waals surface area (Å²) >= 11 is 0. The van der Waals surface area contributed by atoms with Crippen molar-refractivity contribution in [2.45, 2.75) is 174 Å². The van der Waals surface area contributed by atoms with Crippen molar-refractivity contribution in [2.24, 2.45) is 0 Å². The van der Waals surface area contributed by atoms with Crippen molar-refractivity contribution in [3.05, 3.63) is 24.3 Å². The molecule has 0 aromatic rings. The number of carboxylic acids is 1. The van der Waals surface area contributed by atoms with Crippen LogP contribution >= 0.6 is 0 Å². The Kier molecular flexibility index (Phi) is 30.6. The first kappa shape index (κ1) is 45.8. The van der Waals surface area contributed by atoms with Crippen LogP contribution in [0.4, 0.5) is 0 Å². The first-order valence-electron chi connectivity index (χ1n) is 19.4. The molecule has 0 bridgehead atoms. The van der Waals surface area contributed by atoms with Crippen molar-refractivity contribution in [3.63, 3.8) is 0 Å². The van der Waals surface area contributed by atoms with Gasteiger partial charge in [-0.1, -0.05) is 141 Å². The molecule has 1 N–H and O–H groups in total. The van der Waals surface area contributed by atoms with Gasteiger partial charge in [0.1, 0.15) is 6.61 Å². The van der Waals surface area contributed by atoms with Gasteiger partial charge in [0.05, 0.1) is 34.4 Å². The summed E-state index contributed by atoms with van der Waals surface area (Å²) in [4.78, 5) is 36.6. The predicted molar refractivity (Wildman–Crippen MR) is 197 cm³/mol. The molecule has 0 saturated carbocycles. The molecule has 0 aromatic carbocycles. The molecule has 8 nitrogen and oxygen atoms in total. The Morgan fingerprint density at radius 2 is 1.17 bits per heavy atom. The van der Waals surface area contributed by atoms with Crippen LogP contribution in [0.25, 0.3) is 0 Å². The molecule has 0 aliphatic carbocycles. The minimum absolute atomic E-state index is 0.0468. The lowest BCUT2D eigenvalue weighted by Crippen LogP contribution is -2.50. The number of nitrogens with zero attached hydrogens (tertiary/aromatic N) is 1. The van der Waals surface area contributed by atoms with Gasteiger partial charge in [0, 0.05) is 19.3 Å². The lowest BCUT2D eigenvalue weighted by molar-refractivity contribution is -0.887. The number of aliphatic carboxylic acids is 1. The minimum atomic E-state index is -0.882. The van der Waals surface area contributed by atoms with Crippen LogP contribution in [0.1, 0.15) is 162 Å². The number of carbonyl (C=O) groups is 3. The molecular weight excluding hydrogens is 606 g/mol. The number of quaternary nitrogens is 1. The quantitative estimate of drug-likeness (QED) is 0.0313. The van der Waals surface area contributed by atoms with Gasteiger partial charge in [-0.05, 0) is 25.7 Å². The number of ether oxygens (including phenoxy) is 3. The van der Waals surface area contributed by atoms with E-state index >= 15 is 0 Å². The second kappa shape index (κ2) is 32.0. The second-order valence-electron chi connectivity index (χ2n) is 14.2. The monoisotopic (exact) mass is 681 g/mol. The molecule has 280 valence electrons.